The number of rotatable bonds is 5. The minimum Gasteiger partial charge on any atom is -0.381 e. The minimum absolute atomic E-state index is 0. The lowest BCUT2D eigenvalue weighted by Gasteiger charge is -2.39. The Morgan fingerprint density at radius 3 is 2.71 bits per heavy atom. The molecule has 6 nitrogen and oxygen atoms in total. The quantitative estimate of drug-likeness (QED) is 0.335. The first-order valence-electron chi connectivity index (χ1n) is 11.3. The van der Waals surface area contributed by atoms with E-state index in [1.165, 1.54) is 5.56 Å². The highest BCUT2D eigenvalue weighted by molar-refractivity contribution is 14.0. The molecule has 4 rings (SSSR count). The van der Waals surface area contributed by atoms with Crippen LogP contribution in [-0.2, 0) is 19.6 Å². The number of ether oxygens (including phenoxy) is 3. The fraction of sp³-hybridized carbons (Fsp3) is 0.696. The smallest absolute Gasteiger partial charge is 0.194 e. The van der Waals surface area contributed by atoms with Crippen molar-refractivity contribution in [2.75, 3.05) is 52.6 Å². The summed E-state index contributed by atoms with van der Waals surface area (Å²) in [7, 11) is 0. The molecule has 0 amide bonds. The number of hydrogen-bond donors (Lipinski definition) is 1. The summed E-state index contributed by atoms with van der Waals surface area (Å²) in [4.78, 5) is 7.47. The third kappa shape index (κ3) is 6.25. The van der Waals surface area contributed by atoms with Crippen LogP contribution in [0, 0.1) is 0 Å². The molecule has 174 valence electrons. The van der Waals surface area contributed by atoms with Crippen LogP contribution in [0.1, 0.15) is 38.2 Å². The number of morpholine rings is 1. The van der Waals surface area contributed by atoms with Crippen LogP contribution in [0.15, 0.2) is 29.3 Å². The Balaban J connectivity index is 0.00000272. The summed E-state index contributed by atoms with van der Waals surface area (Å²) in [5.74, 6) is 0.969. The van der Waals surface area contributed by atoms with Gasteiger partial charge in [-0.05, 0) is 50.3 Å². The van der Waals surface area contributed by atoms with Crippen LogP contribution in [0.5, 0.6) is 0 Å². The summed E-state index contributed by atoms with van der Waals surface area (Å²) in [5.41, 5.74) is 1.22. The molecule has 0 aromatic heterocycles. The Bertz CT molecular complexity index is 724. The molecule has 1 aromatic rings. The van der Waals surface area contributed by atoms with E-state index >= 15 is 0 Å². The van der Waals surface area contributed by atoms with Gasteiger partial charge in [0.1, 0.15) is 6.10 Å². The number of hydrogen-bond acceptors (Lipinski definition) is 4. The first kappa shape index (κ1) is 25.0. The van der Waals surface area contributed by atoms with E-state index in [9.17, 15) is 0 Å². The zero-order valence-electron chi connectivity index (χ0n) is 18.4. The molecule has 31 heavy (non-hydrogen) atoms. The molecule has 2 unspecified atom stereocenters. The molecule has 0 bridgehead atoms. The molecule has 0 aliphatic carbocycles. The molecule has 0 radical (unpaired) electrons. The zero-order valence-corrected chi connectivity index (χ0v) is 21.4. The van der Waals surface area contributed by atoms with Gasteiger partial charge in [-0.3, -0.25) is 4.99 Å². The van der Waals surface area contributed by atoms with Gasteiger partial charge in [-0.25, -0.2) is 0 Å². The molecule has 3 saturated heterocycles. The van der Waals surface area contributed by atoms with Crippen LogP contribution in [-0.4, -0.2) is 75.7 Å². The third-order valence-corrected chi connectivity index (χ3v) is 6.76. The highest BCUT2D eigenvalue weighted by Crippen LogP contribution is 2.36. The van der Waals surface area contributed by atoms with Crippen molar-refractivity contribution >= 4 is 41.5 Å². The largest absolute Gasteiger partial charge is 0.381 e. The van der Waals surface area contributed by atoms with Gasteiger partial charge in [0, 0.05) is 49.9 Å². The van der Waals surface area contributed by atoms with E-state index in [0.717, 1.165) is 82.7 Å². The summed E-state index contributed by atoms with van der Waals surface area (Å²) in [6, 6.07) is 8.25. The zero-order chi connectivity index (χ0) is 20.8. The number of nitrogens with zero attached hydrogens (tertiary/aromatic N) is 2. The predicted molar refractivity (Wildman–Crippen MR) is 135 cm³/mol. The molecule has 3 aliphatic heterocycles. The molecular weight excluding hydrogens is 529 g/mol. The van der Waals surface area contributed by atoms with E-state index in [-0.39, 0.29) is 41.6 Å². The monoisotopic (exact) mass is 563 g/mol. The second-order valence-corrected chi connectivity index (χ2v) is 8.92. The van der Waals surface area contributed by atoms with Crippen LogP contribution >= 0.6 is 35.6 Å². The third-order valence-electron chi connectivity index (χ3n) is 6.53. The normalized spacial score (nSPS) is 26.4. The summed E-state index contributed by atoms with van der Waals surface area (Å²) < 4.78 is 17.6. The number of benzene rings is 1. The molecule has 3 fully saturated rings. The number of guanidine groups is 1. The lowest BCUT2D eigenvalue weighted by molar-refractivity contribution is -0.0817. The van der Waals surface area contributed by atoms with Crippen molar-refractivity contribution in [1.29, 1.82) is 0 Å². The summed E-state index contributed by atoms with van der Waals surface area (Å²) >= 11 is 6.33. The SMILES string of the molecule is CCNC(=NCC1(c2cccc(Cl)c2)CCOCC1)N1CCOC(C2CCCO2)C1.I. The van der Waals surface area contributed by atoms with E-state index in [0.29, 0.717) is 6.61 Å². The van der Waals surface area contributed by atoms with E-state index in [4.69, 9.17) is 30.8 Å². The molecule has 0 saturated carbocycles. The van der Waals surface area contributed by atoms with Crippen molar-refractivity contribution in [3.8, 4) is 0 Å². The van der Waals surface area contributed by atoms with Gasteiger partial charge < -0.3 is 24.4 Å². The number of aliphatic imine (C=N–C) groups is 1. The molecule has 3 heterocycles. The van der Waals surface area contributed by atoms with Gasteiger partial charge in [0.25, 0.3) is 0 Å². The van der Waals surface area contributed by atoms with Gasteiger partial charge in [0.15, 0.2) is 5.96 Å². The Kier molecular flexibility index (Phi) is 9.70. The van der Waals surface area contributed by atoms with Gasteiger partial charge in [-0.1, -0.05) is 23.7 Å². The highest BCUT2D eigenvalue weighted by atomic mass is 127. The van der Waals surface area contributed by atoms with Gasteiger partial charge in [-0.15, -0.1) is 24.0 Å². The van der Waals surface area contributed by atoms with Gasteiger partial charge >= 0.3 is 0 Å². The molecule has 2 atom stereocenters. The van der Waals surface area contributed by atoms with Crippen molar-refractivity contribution in [2.45, 2.75) is 50.2 Å². The Hall–Kier alpha value is -0.610. The van der Waals surface area contributed by atoms with Crippen molar-refractivity contribution in [3.63, 3.8) is 0 Å². The molecule has 3 aliphatic rings. The van der Waals surface area contributed by atoms with Crippen LogP contribution in [0.4, 0.5) is 0 Å². The summed E-state index contributed by atoms with van der Waals surface area (Å²) in [6.45, 7) is 8.44. The fourth-order valence-electron chi connectivity index (χ4n) is 4.76. The molecule has 0 spiro atoms. The van der Waals surface area contributed by atoms with Crippen LogP contribution < -0.4 is 5.32 Å². The topological polar surface area (TPSA) is 55.3 Å². The average molecular weight is 564 g/mol. The second kappa shape index (κ2) is 12.0. The van der Waals surface area contributed by atoms with Gasteiger partial charge in [-0.2, -0.15) is 0 Å². The highest BCUT2D eigenvalue weighted by Gasteiger charge is 2.36. The van der Waals surface area contributed by atoms with Crippen molar-refractivity contribution in [2.24, 2.45) is 4.99 Å². The molecule has 8 heteroatoms. The van der Waals surface area contributed by atoms with Gasteiger partial charge in [0.05, 0.1) is 19.3 Å². The number of halogens is 2. The molecular formula is C23H35ClIN3O3. The van der Waals surface area contributed by atoms with E-state index in [1.54, 1.807) is 0 Å². The first-order chi connectivity index (χ1) is 14.7. The van der Waals surface area contributed by atoms with Crippen LogP contribution in [0.25, 0.3) is 0 Å². The summed E-state index contributed by atoms with van der Waals surface area (Å²) in [6.07, 6.45) is 4.46. The first-order valence-corrected chi connectivity index (χ1v) is 11.7. The Morgan fingerprint density at radius 1 is 1.19 bits per heavy atom. The predicted octanol–water partition coefficient (Wildman–Crippen LogP) is 3.85. The van der Waals surface area contributed by atoms with E-state index in [2.05, 4.69) is 29.3 Å². The lowest BCUT2D eigenvalue weighted by Crippen LogP contribution is -2.53. The summed E-state index contributed by atoms with van der Waals surface area (Å²) in [5, 5.41) is 4.28. The minimum atomic E-state index is -0.0376. The van der Waals surface area contributed by atoms with Crippen LogP contribution in [0.3, 0.4) is 0 Å². The Morgan fingerprint density at radius 2 is 2.00 bits per heavy atom. The van der Waals surface area contributed by atoms with E-state index in [1.807, 2.05) is 12.1 Å². The maximum Gasteiger partial charge on any atom is 0.194 e. The number of nitrogens with one attached hydrogen (secondary N) is 1. The van der Waals surface area contributed by atoms with Crippen molar-refractivity contribution in [1.82, 2.24) is 10.2 Å². The fourth-order valence-corrected chi connectivity index (χ4v) is 4.95. The maximum atomic E-state index is 6.33. The van der Waals surface area contributed by atoms with Crippen molar-refractivity contribution < 1.29 is 14.2 Å². The average Bonchev–Trinajstić information content (AvgIpc) is 3.32. The second-order valence-electron chi connectivity index (χ2n) is 8.48. The molecule has 1 aromatic carbocycles. The lowest BCUT2D eigenvalue weighted by atomic mass is 9.74. The van der Waals surface area contributed by atoms with Crippen molar-refractivity contribution in [3.05, 3.63) is 34.9 Å². The Labute approximate surface area is 208 Å². The molecule has 1 N–H and O–H groups in total. The standard InChI is InChI=1S/C23H34ClN3O3.HI/c1-2-25-22(27-10-14-30-21(16-27)20-7-4-11-29-20)26-17-23(8-12-28-13-9-23)18-5-3-6-19(24)15-18;/h3,5-6,15,20-21H,2,4,7-14,16-17H2,1H3,(H,25,26);1H. The van der Waals surface area contributed by atoms with E-state index < -0.39 is 0 Å². The van der Waals surface area contributed by atoms with Crippen LogP contribution in [0.2, 0.25) is 5.02 Å². The maximum absolute atomic E-state index is 6.33. The van der Waals surface area contributed by atoms with Gasteiger partial charge in [0.2, 0.25) is 0 Å².